The Kier molecular flexibility index (Phi) is 7.60. The standard InChI is InChI=1S/C31H31N5O3S/c1-4-36-26-15-11-20(22-6-5-7-25-29(22)35-40-34-25)18-23(26)31(2,3)27(36)16-10-19-8-12-21(13-9-19)33-28(37)17-14-24(32)30(38)39/h5-13,15-16,18,24H,4,14,17,32H2,1-3H3,(H,38,39)/p+1. The summed E-state index contributed by atoms with van der Waals surface area (Å²) in [6.07, 6.45) is 4.40. The Morgan fingerprint density at radius 3 is 2.60 bits per heavy atom. The van der Waals surface area contributed by atoms with Gasteiger partial charge in [0.15, 0.2) is 5.71 Å². The number of aromatic nitrogens is 2. The molecule has 4 aromatic rings. The molecule has 9 heteroatoms. The van der Waals surface area contributed by atoms with Gasteiger partial charge < -0.3 is 16.2 Å². The predicted molar refractivity (Wildman–Crippen MR) is 160 cm³/mol. The maximum atomic E-state index is 12.1. The molecule has 40 heavy (non-hydrogen) atoms. The Labute approximate surface area is 237 Å². The van der Waals surface area contributed by atoms with Gasteiger partial charge in [-0.2, -0.15) is 13.3 Å². The van der Waals surface area contributed by atoms with Gasteiger partial charge in [0.1, 0.15) is 23.6 Å². The van der Waals surface area contributed by atoms with Crippen LogP contribution in [0, 0.1) is 0 Å². The molecular weight excluding hydrogens is 522 g/mol. The van der Waals surface area contributed by atoms with Crippen LogP contribution in [0.4, 0.5) is 11.4 Å². The van der Waals surface area contributed by atoms with E-state index >= 15 is 0 Å². The summed E-state index contributed by atoms with van der Waals surface area (Å²) in [6, 6.07) is 19.3. The molecular formula is C31H32N5O3S+. The molecule has 1 aromatic heterocycles. The van der Waals surface area contributed by atoms with Crippen LogP contribution in [-0.2, 0) is 15.0 Å². The van der Waals surface area contributed by atoms with E-state index in [1.54, 1.807) is 0 Å². The number of nitrogens with one attached hydrogen (secondary N) is 1. The first-order valence-corrected chi connectivity index (χ1v) is 14.0. The molecule has 1 unspecified atom stereocenters. The number of rotatable bonds is 9. The summed E-state index contributed by atoms with van der Waals surface area (Å²) in [7, 11) is 0. The quantitative estimate of drug-likeness (QED) is 0.232. The molecule has 3 aromatic carbocycles. The molecule has 1 atom stereocenters. The van der Waals surface area contributed by atoms with Gasteiger partial charge in [-0.1, -0.05) is 24.3 Å². The maximum Gasteiger partial charge on any atom is 0.320 e. The lowest BCUT2D eigenvalue weighted by Gasteiger charge is -2.16. The van der Waals surface area contributed by atoms with Crippen molar-refractivity contribution in [2.45, 2.75) is 45.1 Å². The molecule has 5 rings (SSSR count). The highest BCUT2D eigenvalue weighted by Crippen LogP contribution is 2.42. The Bertz CT molecular complexity index is 1650. The van der Waals surface area contributed by atoms with Crippen LogP contribution >= 0.6 is 11.7 Å². The molecule has 204 valence electrons. The van der Waals surface area contributed by atoms with E-state index in [0.29, 0.717) is 5.69 Å². The Hall–Kier alpha value is -4.21. The van der Waals surface area contributed by atoms with Crippen molar-refractivity contribution in [1.29, 1.82) is 0 Å². The van der Waals surface area contributed by atoms with Crippen LogP contribution < -0.4 is 11.1 Å². The van der Waals surface area contributed by atoms with Crippen molar-refractivity contribution in [1.82, 2.24) is 8.75 Å². The van der Waals surface area contributed by atoms with Gasteiger partial charge in [-0.25, -0.2) is 0 Å². The van der Waals surface area contributed by atoms with Gasteiger partial charge >= 0.3 is 5.97 Å². The minimum Gasteiger partial charge on any atom is -0.480 e. The lowest BCUT2D eigenvalue weighted by atomic mass is 9.80. The zero-order chi connectivity index (χ0) is 28.4. The van der Waals surface area contributed by atoms with Gasteiger partial charge in [-0.15, -0.1) is 0 Å². The van der Waals surface area contributed by atoms with Crippen molar-refractivity contribution < 1.29 is 19.3 Å². The van der Waals surface area contributed by atoms with Crippen molar-refractivity contribution >= 4 is 57.8 Å². The number of benzene rings is 3. The highest BCUT2D eigenvalue weighted by atomic mass is 32.1. The van der Waals surface area contributed by atoms with Crippen molar-refractivity contribution in [3.05, 3.63) is 77.9 Å². The fourth-order valence-corrected chi connectivity index (χ4v) is 5.76. The second-order valence-electron chi connectivity index (χ2n) is 10.4. The number of anilines is 1. The van der Waals surface area contributed by atoms with E-state index in [4.69, 9.17) is 10.8 Å². The lowest BCUT2D eigenvalue weighted by Crippen LogP contribution is -2.31. The van der Waals surface area contributed by atoms with E-state index in [0.717, 1.165) is 34.3 Å². The number of amides is 1. The van der Waals surface area contributed by atoms with Crippen LogP contribution in [0.3, 0.4) is 0 Å². The van der Waals surface area contributed by atoms with Gasteiger partial charge in [-0.05, 0) is 74.7 Å². The third-order valence-electron chi connectivity index (χ3n) is 7.43. The first kappa shape index (κ1) is 27.4. The Morgan fingerprint density at radius 1 is 1.10 bits per heavy atom. The second-order valence-corrected chi connectivity index (χ2v) is 10.9. The average Bonchev–Trinajstić information content (AvgIpc) is 3.51. The molecule has 2 heterocycles. The van der Waals surface area contributed by atoms with Crippen LogP contribution in [0.15, 0.2) is 66.7 Å². The molecule has 1 aliphatic rings. The van der Waals surface area contributed by atoms with Crippen molar-refractivity contribution in [3.8, 4) is 11.1 Å². The average molecular weight is 555 g/mol. The molecule has 0 spiro atoms. The van der Waals surface area contributed by atoms with Crippen molar-refractivity contribution in [3.63, 3.8) is 0 Å². The summed E-state index contributed by atoms with van der Waals surface area (Å²) in [5.74, 6) is -1.37. The maximum absolute atomic E-state index is 12.1. The molecule has 0 aliphatic carbocycles. The molecule has 0 radical (unpaired) electrons. The molecule has 1 aliphatic heterocycles. The second kappa shape index (κ2) is 11.1. The number of carbonyl (C=O) groups is 2. The summed E-state index contributed by atoms with van der Waals surface area (Å²) in [4.78, 5) is 23.0. The third kappa shape index (κ3) is 5.30. The SMILES string of the molecule is CC[N+]1=C(/C=C/c2ccc(NC(=O)CCC(N)C(=O)O)cc2)C(C)(C)c2cc(-c3cccc4nsnc34)ccc21. The van der Waals surface area contributed by atoms with E-state index in [2.05, 4.69) is 75.8 Å². The van der Waals surface area contributed by atoms with E-state index in [9.17, 15) is 9.59 Å². The van der Waals surface area contributed by atoms with E-state index < -0.39 is 12.0 Å². The topological polar surface area (TPSA) is 121 Å². The first-order chi connectivity index (χ1) is 19.2. The van der Waals surface area contributed by atoms with Gasteiger partial charge in [0.2, 0.25) is 11.6 Å². The minimum absolute atomic E-state index is 0.0491. The lowest BCUT2D eigenvalue weighted by molar-refractivity contribution is -0.433. The van der Waals surface area contributed by atoms with E-state index in [-0.39, 0.29) is 24.2 Å². The van der Waals surface area contributed by atoms with Gasteiger partial charge in [0.05, 0.1) is 17.1 Å². The predicted octanol–water partition coefficient (Wildman–Crippen LogP) is 5.60. The first-order valence-electron chi connectivity index (χ1n) is 13.3. The van der Waals surface area contributed by atoms with Crippen LogP contribution in [-0.4, -0.2) is 48.6 Å². The zero-order valence-electron chi connectivity index (χ0n) is 22.7. The van der Waals surface area contributed by atoms with Crippen LogP contribution in [0.1, 0.15) is 44.7 Å². The number of fused-ring (bicyclic) bond motifs is 2. The highest BCUT2D eigenvalue weighted by molar-refractivity contribution is 7.00. The normalized spacial score (nSPS) is 15.0. The molecule has 0 saturated carbocycles. The molecule has 0 fully saturated rings. The number of carboxylic acids is 1. The fourth-order valence-electron chi connectivity index (χ4n) is 5.21. The van der Waals surface area contributed by atoms with Gasteiger partial charge in [0, 0.05) is 35.4 Å². The van der Waals surface area contributed by atoms with Crippen LogP contribution in [0.25, 0.3) is 28.2 Å². The minimum atomic E-state index is -1.11. The molecule has 4 N–H and O–H groups in total. The Morgan fingerprint density at radius 2 is 1.88 bits per heavy atom. The summed E-state index contributed by atoms with van der Waals surface area (Å²) >= 11 is 1.24. The summed E-state index contributed by atoms with van der Waals surface area (Å²) in [5.41, 5.74) is 14.7. The number of carboxylic acid groups (broad SMARTS) is 1. The Balaban J connectivity index is 1.34. The number of allylic oxidation sites excluding steroid dienone is 1. The molecule has 0 bridgehead atoms. The molecule has 1 amide bonds. The largest absolute Gasteiger partial charge is 0.480 e. The third-order valence-corrected chi connectivity index (χ3v) is 7.98. The smallest absolute Gasteiger partial charge is 0.320 e. The summed E-state index contributed by atoms with van der Waals surface area (Å²) < 4.78 is 11.3. The van der Waals surface area contributed by atoms with Crippen molar-refractivity contribution in [2.75, 3.05) is 11.9 Å². The number of carbonyl (C=O) groups excluding carboxylic acids is 1. The number of hydrogen-bond donors (Lipinski definition) is 3. The summed E-state index contributed by atoms with van der Waals surface area (Å²) in [6.45, 7) is 7.52. The van der Waals surface area contributed by atoms with Crippen molar-refractivity contribution in [2.24, 2.45) is 5.73 Å². The van der Waals surface area contributed by atoms with E-state index in [1.165, 1.54) is 28.7 Å². The van der Waals surface area contributed by atoms with Crippen LogP contribution in [0.5, 0.6) is 0 Å². The molecule has 0 saturated heterocycles. The van der Waals surface area contributed by atoms with Gasteiger partial charge in [-0.3, -0.25) is 9.59 Å². The monoisotopic (exact) mass is 554 g/mol. The number of aliphatic carboxylic acids is 1. The number of nitrogens with two attached hydrogens (primary N) is 1. The van der Waals surface area contributed by atoms with E-state index in [1.807, 2.05) is 36.4 Å². The summed E-state index contributed by atoms with van der Waals surface area (Å²) in [5, 5.41) is 11.7. The zero-order valence-corrected chi connectivity index (χ0v) is 23.5. The highest BCUT2D eigenvalue weighted by Gasteiger charge is 2.44. The fraction of sp³-hybridized carbons (Fsp3) is 0.258. The van der Waals surface area contributed by atoms with Gasteiger partial charge in [0.25, 0.3) is 0 Å². The number of hydrogen-bond acceptors (Lipinski definition) is 6. The van der Waals surface area contributed by atoms with Crippen LogP contribution in [0.2, 0.25) is 0 Å². The molecule has 8 nitrogen and oxygen atoms in total. The number of nitrogens with zero attached hydrogens (tertiary/aromatic N) is 3.